The lowest BCUT2D eigenvalue weighted by molar-refractivity contribution is 0.0697. The number of nitrogens with zero attached hydrogens (tertiary/aromatic N) is 3. The molecule has 19 heavy (non-hydrogen) atoms. The molecule has 96 valence electrons. The highest BCUT2D eigenvalue weighted by Gasteiger charge is 2.15. The molecule has 2 aromatic heterocycles. The summed E-state index contributed by atoms with van der Waals surface area (Å²) >= 11 is 5.55. The molecular formula is C11H7ClN4O3. The molecule has 1 amide bonds. The summed E-state index contributed by atoms with van der Waals surface area (Å²) in [5.74, 6) is -1.87. The first-order valence-corrected chi connectivity index (χ1v) is 5.43. The maximum absolute atomic E-state index is 11.8. The van der Waals surface area contributed by atoms with Gasteiger partial charge in [-0.1, -0.05) is 11.6 Å². The minimum Gasteiger partial charge on any atom is -0.478 e. The second-order valence-corrected chi connectivity index (χ2v) is 3.77. The zero-order valence-corrected chi connectivity index (χ0v) is 10.1. The highest BCUT2D eigenvalue weighted by Crippen LogP contribution is 2.12. The van der Waals surface area contributed by atoms with Gasteiger partial charge in [0, 0.05) is 6.20 Å². The van der Waals surface area contributed by atoms with Gasteiger partial charge in [0.15, 0.2) is 0 Å². The number of carbonyl (C=O) groups excluding carboxylic acids is 1. The van der Waals surface area contributed by atoms with Crippen molar-refractivity contribution in [2.45, 2.75) is 0 Å². The van der Waals surface area contributed by atoms with Crippen LogP contribution in [0.3, 0.4) is 0 Å². The van der Waals surface area contributed by atoms with Crippen LogP contribution in [0.2, 0.25) is 5.15 Å². The minimum atomic E-state index is -1.19. The van der Waals surface area contributed by atoms with E-state index >= 15 is 0 Å². The number of anilines is 1. The Bertz CT molecular complexity index is 630. The van der Waals surface area contributed by atoms with E-state index in [1.807, 2.05) is 0 Å². The van der Waals surface area contributed by atoms with Crippen LogP contribution >= 0.6 is 11.6 Å². The summed E-state index contributed by atoms with van der Waals surface area (Å²) < 4.78 is 0. The van der Waals surface area contributed by atoms with Crippen LogP contribution in [0.5, 0.6) is 0 Å². The second-order valence-electron chi connectivity index (χ2n) is 3.38. The standard InChI is InChI=1S/C11H7ClN4O3/c12-8-5-14-7(4-15-8)10(17)16-9-6(11(18)19)2-1-3-13-9/h1-5H,(H,18,19)(H,13,16,17). The van der Waals surface area contributed by atoms with E-state index in [4.69, 9.17) is 16.7 Å². The Morgan fingerprint density at radius 2 is 2.00 bits per heavy atom. The summed E-state index contributed by atoms with van der Waals surface area (Å²) in [6, 6.07) is 2.79. The van der Waals surface area contributed by atoms with Crippen LogP contribution in [0, 0.1) is 0 Å². The van der Waals surface area contributed by atoms with Gasteiger partial charge in [-0.2, -0.15) is 0 Å². The van der Waals surface area contributed by atoms with Crippen molar-refractivity contribution in [3.63, 3.8) is 0 Å². The van der Waals surface area contributed by atoms with Gasteiger partial charge in [-0.15, -0.1) is 0 Å². The predicted octanol–water partition coefficient (Wildman–Crippen LogP) is 1.48. The van der Waals surface area contributed by atoms with Crippen molar-refractivity contribution in [2.75, 3.05) is 5.32 Å². The number of amides is 1. The number of carboxylic acid groups (broad SMARTS) is 1. The fourth-order valence-corrected chi connectivity index (χ4v) is 1.38. The zero-order valence-electron chi connectivity index (χ0n) is 9.37. The average Bonchev–Trinajstić information content (AvgIpc) is 2.39. The Morgan fingerprint density at radius 1 is 1.21 bits per heavy atom. The van der Waals surface area contributed by atoms with Crippen molar-refractivity contribution in [2.24, 2.45) is 0 Å². The summed E-state index contributed by atoms with van der Waals surface area (Å²) in [6.45, 7) is 0. The Morgan fingerprint density at radius 3 is 2.63 bits per heavy atom. The van der Waals surface area contributed by atoms with E-state index in [1.54, 1.807) is 0 Å². The molecule has 0 saturated heterocycles. The first-order chi connectivity index (χ1) is 9.08. The molecule has 2 heterocycles. The van der Waals surface area contributed by atoms with Crippen LogP contribution in [0.1, 0.15) is 20.8 Å². The molecular weight excluding hydrogens is 272 g/mol. The van der Waals surface area contributed by atoms with Crippen molar-refractivity contribution in [1.29, 1.82) is 0 Å². The molecule has 0 unspecified atom stereocenters. The van der Waals surface area contributed by atoms with Gasteiger partial charge in [-0.05, 0) is 12.1 Å². The quantitative estimate of drug-likeness (QED) is 0.881. The average molecular weight is 279 g/mol. The maximum Gasteiger partial charge on any atom is 0.339 e. The van der Waals surface area contributed by atoms with Crippen LogP contribution in [-0.4, -0.2) is 31.9 Å². The minimum absolute atomic E-state index is 0.00592. The molecule has 0 atom stereocenters. The molecule has 8 heteroatoms. The van der Waals surface area contributed by atoms with E-state index < -0.39 is 11.9 Å². The van der Waals surface area contributed by atoms with Crippen LogP contribution < -0.4 is 5.32 Å². The Labute approximate surface area is 112 Å². The van der Waals surface area contributed by atoms with Gasteiger partial charge >= 0.3 is 5.97 Å². The van der Waals surface area contributed by atoms with Crippen LogP contribution in [0.15, 0.2) is 30.7 Å². The molecule has 2 rings (SSSR count). The number of carboxylic acids is 1. The van der Waals surface area contributed by atoms with Crippen molar-refractivity contribution < 1.29 is 14.7 Å². The normalized spacial score (nSPS) is 9.95. The molecule has 0 radical (unpaired) electrons. The fraction of sp³-hybridized carbons (Fsp3) is 0. The van der Waals surface area contributed by atoms with E-state index in [-0.39, 0.29) is 22.2 Å². The van der Waals surface area contributed by atoms with Crippen molar-refractivity contribution >= 4 is 29.3 Å². The number of pyridine rings is 1. The molecule has 0 aliphatic rings. The van der Waals surface area contributed by atoms with E-state index in [9.17, 15) is 9.59 Å². The largest absolute Gasteiger partial charge is 0.478 e. The predicted molar refractivity (Wildman–Crippen MR) is 66.2 cm³/mol. The van der Waals surface area contributed by atoms with Gasteiger partial charge in [-0.3, -0.25) is 4.79 Å². The number of halogens is 1. The number of nitrogens with one attached hydrogen (secondary N) is 1. The molecule has 0 aromatic carbocycles. The number of hydrogen-bond donors (Lipinski definition) is 2. The topological polar surface area (TPSA) is 105 Å². The lowest BCUT2D eigenvalue weighted by Gasteiger charge is -2.06. The Kier molecular flexibility index (Phi) is 3.67. The third-order valence-electron chi connectivity index (χ3n) is 2.12. The number of aromatic carboxylic acids is 1. The number of aromatic nitrogens is 3. The van der Waals surface area contributed by atoms with Gasteiger partial charge < -0.3 is 10.4 Å². The number of hydrogen-bond acceptors (Lipinski definition) is 5. The molecule has 0 bridgehead atoms. The summed E-state index contributed by atoms with van der Waals surface area (Å²) in [7, 11) is 0. The summed E-state index contributed by atoms with van der Waals surface area (Å²) in [6.07, 6.45) is 3.77. The summed E-state index contributed by atoms with van der Waals surface area (Å²) in [5.41, 5.74) is -0.107. The molecule has 2 aromatic rings. The highest BCUT2D eigenvalue weighted by molar-refractivity contribution is 6.29. The van der Waals surface area contributed by atoms with Gasteiger partial charge in [-0.25, -0.2) is 19.7 Å². The molecule has 0 fully saturated rings. The first kappa shape index (κ1) is 12.9. The molecule has 7 nitrogen and oxygen atoms in total. The van der Waals surface area contributed by atoms with Crippen molar-refractivity contribution in [3.8, 4) is 0 Å². The lowest BCUT2D eigenvalue weighted by Crippen LogP contribution is -2.17. The molecule has 0 aliphatic heterocycles. The smallest absolute Gasteiger partial charge is 0.339 e. The third-order valence-corrected chi connectivity index (χ3v) is 2.32. The fourth-order valence-electron chi connectivity index (χ4n) is 1.28. The van der Waals surface area contributed by atoms with E-state index in [0.717, 1.165) is 0 Å². The first-order valence-electron chi connectivity index (χ1n) is 5.05. The lowest BCUT2D eigenvalue weighted by atomic mass is 10.2. The third kappa shape index (κ3) is 3.02. The number of carbonyl (C=O) groups is 2. The highest BCUT2D eigenvalue weighted by atomic mass is 35.5. The van der Waals surface area contributed by atoms with Gasteiger partial charge in [0.1, 0.15) is 22.2 Å². The van der Waals surface area contributed by atoms with E-state index in [2.05, 4.69) is 20.3 Å². The van der Waals surface area contributed by atoms with Crippen molar-refractivity contribution in [3.05, 3.63) is 47.1 Å². The summed E-state index contributed by atoms with van der Waals surface area (Å²) in [4.78, 5) is 34.0. The summed E-state index contributed by atoms with van der Waals surface area (Å²) in [5, 5.41) is 11.5. The van der Waals surface area contributed by atoms with Crippen LogP contribution in [-0.2, 0) is 0 Å². The van der Waals surface area contributed by atoms with E-state index in [1.165, 1.54) is 30.7 Å². The van der Waals surface area contributed by atoms with Crippen molar-refractivity contribution in [1.82, 2.24) is 15.0 Å². The molecule has 0 saturated carbocycles. The van der Waals surface area contributed by atoms with Crippen LogP contribution in [0.25, 0.3) is 0 Å². The molecule has 0 spiro atoms. The van der Waals surface area contributed by atoms with E-state index in [0.29, 0.717) is 0 Å². The van der Waals surface area contributed by atoms with Crippen LogP contribution in [0.4, 0.5) is 5.82 Å². The molecule has 2 N–H and O–H groups in total. The SMILES string of the molecule is O=C(Nc1ncccc1C(=O)O)c1cnc(Cl)cn1. The maximum atomic E-state index is 11.8. The van der Waals surface area contributed by atoms with Gasteiger partial charge in [0.05, 0.1) is 12.4 Å². The Balaban J connectivity index is 2.24. The van der Waals surface area contributed by atoms with Gasteiger partial charge in [0.25, 0.3) is 5.91 Å². The molecule has 0 aliphatic carbocycles. The number of rotatable bonds is 3. The Hall–Kier alpha value is -2.54. The second kappa shape index (κ2) is 5.40. The van der Waals surface area contributed by atoms with Gasteiger partial charge in [0.2, 0.25) is 0 Å². The zero-order chi connectivity index (χ0) is 13.8. The monoisotopic (exact) mass is 278 g/mol.